The molecule has 0 saturated heterocycles. The molecule has 54 heavy (non-hydrogen) atoms. The van der Waals surface area contributed by atoms with Crippen LogP contribution < -0.4 is 9.80 Å². The fourth-order valence-electron chi connectivity index (χ4n) is 7.42. The SMILES string of the molecule is C=C/C=C\c1c(/C=C\C(=C)N(c2ccc(C(C)C)cc2)c2cc(C)cc(C)c2)ccc2c(N(c3ccc(C(C)C)cc3)c3cc(C)cc(C)c3)cccc12. The van der Waals surface area contributed by atoms with E-state index in [1.807, 2.05) is 12.2 Å². The lowest BCUT2D eigenvalue weighted by atomic mass is 9.95. The molecule has 2 nitrogen and oxygen atoms in total. The lowest BCUT2D eigenvalue weighted by Gasteiger charge is -2.28. The van der Waals surface area contributed by atoms with Crippen molar-refractivity contribution in [2.45, 2.75) is 67.2 Å². The molecular formula is C52H54N2. The number of benzene rings is 6. The van der Waals surface area contributed by atoms with Crippen molar-refractivity contribution < 1.29 is 0 Å². The standard InChI is InChI=1S/C52H54N2/c1-11-12-14-49-44(18-17-41(10)53(47-31-37(6)29-38(7)32-47)45-24-19-42(20-25-45)35(2)3)23-28-51-50(49)15-13-16-52(51)54(48-33-39(8)30-40(9)34-48)46-26-21-43(22-27-46)36(4)5/h11-36H,1,10H2,2-9H3/b14-12-,18-17-. The predicted molar refractivity (Wildman–Crippen MR) is 238 cm³/mol. The first-order valence-electron chi connectivity index (χ1n) is 19.1. The summed E-state index contributed by atoms with van der Waals surface area (Å²) in [7, 11) is 0. The highest BCUT2D eigenvalue weighted by Gasteiger charge is 2.19. The largest absolute Gasteiger partial charge is 0.311 e. The number of fused-ring (bicyclic) bond motifs is 1. The summed E-state index contributed by atoms with van der Waals surface area (Å²) in [6.45, 7) is 26.2. The van der Waals surface area contributed by atoms with Crippen molar-refractivity contribution >= 4 is 51.4 Å². The second-order valence-electron chi connectivity index (χ2n) is 15.2. The summed E-state index contributed by atoms with van der Waals surface area (Å²) >= 11 is 0. The van der Waals surface area contributed by atoms with Crippen LogP contribution in [-0.2, 0) is 0 Å². The second-order valence-corrected chi connectivity index (χ2v) is 15.2. The van der Waals surface area contributed by atoms with Crippen LogP contribution in [0.5, 0.6) is 0 Å². The van der Waals surface area contributed by atoms with Gasteiger partial charge in [-0.1, -0.05) is 126 Å². The zero-order chi connectivity index (χ0) is 38.5. The van der Waals surface area contributed by atoms with Crippen molar-refractivity contribution in [2.24, 2.45) is 0 Å². The van der Waals surface area contributed by atoms with Gasteiger partial charge in [-0.05, 0) is 150 Å². The molecule has 0 atom stereocenters. The Balaban J connectivity index is 1.48. The van der Waals surface area contributed by atoms with Gasteiger partial charge in [-0.3, -0.25) is 0 Å². The van der Waals surface area contributed by atoms with E-state index in [2.05, 4.69) is 212 Å². The van der Waals surface area contributed by atoms with Crippen LogP contribution >= 0.6 is 0 Å². The minimum atomic E-state index is 0.464. The first-order chi connectivity index (χ1) is 25.9. The smallest absolute Gasteiger partial charge is 0.0540 e. The number of aryl methyl sites for hydroxylation is 4. The summed E-state index contributed by atoms with van der Waals surface area (Å²) in [5.41, 5.74) is 16.3. The van der Waals surface area contributed by atoms with Crippen LogP contribution in [0, 0.1) is 27.7 Å². The molecule has 0 amide bonds. The molecule has 0 aliphatic heterocycles. The Labute approximate surface area is 324 Å². The van der Waals surface area contributed by atoms with E-state index in [9.17, 15) is 0 Å². The van der Waals surface area contributed by atoms with Crippen LogP contribution in [0.1, 0.15) is 84.0 Å². The van der Waals surface area contributed by atoms with Gasteiger partial charge in [-0.2, -0.15) is 0 Å². The summed E-state index contributed by atoms with van der Waals surface area (Å²) in [5, 5.41) is 2.34. The van der Waals surface area contributed by atoms with Crippen molar-refractivity contribution in [3.05, 3.63) is 197 Å². The fraction of sp³-hybridized carbons (Fsp3) is 0.192. The second kappa shape index (κ2) is 16.4. The molecule has 2 heteroatoms. The van der Waals surface area contributed by atoms with E-state index in [0.29, 0.717) is 11.8 Å². The van der Waals surface area contributed by atoms with Gasteiger partial charge in [0.05, 0.1) is 5.69 Å². The van der Waals surface area contributed by atoms with Crippen LogP contribution in [0.3, 0.4) is 0 Å². The molecule has 0 saturated carbocycles. The molecule has 6 rings (SSSR count). The number of hydrogen-bond acceptors (Lipinski definition) is 2. The highest BCUT2D eigenvalue weighted by Crippen LogP contribution is 2.42. The molecule has 0 radical (unpaired) electrons. The molecule has 6 aromatic carbocycles. The topological polar surface area (TPSA) is 6.48 Å². The minimum absolute atomic E-state index is 0.464. The van der Waals surface area contributed by atoms with E-state index in [1.54, 1.807) is 0 Å². The van der Waals surface area contributed by atoms with E-state index >= 15 is 0 Å². The normalized spacial score (nSPS) is 11.7. The maximum atomic E-state index is 4.63. The molecule has 272 valence electrons. The fourth-order valence-corrected chi connectivity index (χ4v) is 7.42. The Morgan fingerprint density at radius 2 is 1.09 bits per heavy atom. The van der Waals surface area contributed by atoms with Gasteiger partial charge in [0.1, 0.15) is 0 Å². The maximum Gasteiger partial charge on any atom is 0.0540 e. The zero-order valence-electron chi connectivity index (χ0n) is 33.3. The number of allylic oxidation sites excluding steroid dienone is 3. The number of rotatable bonds is 12. The van der Waals surface area contributed by atoms with Gasteiger partial charge in [0.2, 0.25) is 0 Å². The molecule has 6 aromatic rings. The minimum Gasteiger partial charge on any atom is -0.311 e. The molecule has 0 fully saturated rings. The Kier molecular flexibility index (Phi) is 11.5. The monoisotopic (exact) mass is 706 g/mol. The molecule has 0 aliphatic rings. The average molecular weight is 707 g/mol. The van der Waals surface area contributed by atoms with Crippen molar-refractivity contribution in [3.63, 3.8) is 0 Å². The van der Waals surface area contributed by atoms with Crippen molar-refractivity contribution in [1.82, 2.24) is 0 Å². The van der Waals surface area contributed by atoms with E-state index in [4.69, 9.17) is 0 Å². The Hall–Kier alpha value is -5.86. The van der Waals surface area contributed by atoms with Gasteiger partial charge in [0.15, 0.2) is 0 Å². The summed E-state index contributed by atoms with van der Waals surface area (Å²) in [4.78, 5) is 4.66. The number of hydrogen-bond donors (Lipinski definition) is 0. The lowest BCUT2D eigenvalue weighted by molar-refractivity contribution is 0.866. The van der Waals surface area contributed by atoms with E-state index < -0.39 is 0 Å². The third-order valence-electron chi connectivity index (χ3n) is 10.1. The van der Waals surface area contributed by atoms with Gasteiger partial charge in [-0.25, -0.2) is 0 Å². The number of anilines is 5. The molecule has 0 aliphatic carbocycles. The summed E-state index contributed by atoms with van der Waals surface area (Å²) in [6, 6.07) is 42.5. The third-order valence-corrected chi connectivity index (χ3v) is 10.1. The highest BCUT2D eigenvalue weighted by molar-refractivity contribution is 6.04. The van der Waals surface area contributed by atoms with Gasteiger partial charge in [-0.15, -0.1) is 0 Å². The Morgan fingerprint density at radius 3 is 1.63 bits per heavy atom. The van der Waals surface area contributed by atoms with Gasteiger partial charge < -0.3 is 9.80 Å². The summed E-state index contributed by atoms with van der Waals surface area (Å²) < 4.78 is 0. The lowest BCUT2D eigenvalue weighted by Crippen LogP contribution is -2.14. The maximum absolute atomic E-state index is 4.63. The highest BCUT2D eigenvalue weighted by atomic mass is 15.1. The van der Waals surface area contributed by atoms with E-state index in [1.165, 1.54) is 44.2 Å². The van der Waals surface area contributed by atoms with E-state index in [-0.39, 0.29) is 0 Å². The van der Waals surface area contributed by atoms with Gasteiger partial charge in [0, 0.05) is 33.8 Å². The predicted octanol–water partition coefficient (Wildman–Crippen LogP) is 15.4. The van der Waals surface area contributed by atoms with Crippen LogP contribution in [0.25, 0.3) is 22.9 Å². The average Bonchev–Trinajstić information content (AvgIpc) is 3.13. The quantitative estimate of drug-likeness (QED) is 0.117. The first-order valence-corrected chi connectivity index (χ1v) is 19.1. The third kappa shape index (κ3) is 8.35. The molecule has 0 N–H and O–H groups in total. The van der Waals surface area contributed by atoms with Crippen molar-refractivity contribution in [2.75, 3.05) is 9.80 Å². The van der Waals surface area contributed by atoms with Crippen LogP contribution in [0.2, 0.25) is 0 Å². The van der Waals surface area contributed by atoms with Crippen molar-refractivity contribution in [1.29, 1.82) is 0 Å². The molecule has 0 bridgehead atoms. The first kappa shape index (κ1) is 37.9. The van der Waals surface area contributed by atoms with Gasteiger partial charge >= 0.3 is 0 Å². The van der Waals surface area contributed by atoms with Gasteiger partial charge in [0.25, 0.3) is 0 Å². The Bertz CT molecular complexity index is 2310. The zero-order valence-corrected chi connectivity index (χ0v) is 33.3. The van der Waals surface area contributed by atoms with Crippen LogP contribution in [-0.4, -0.2) is 0 Å². The molecule has 0 spiro atoms. The van der Waals surface area contributed by atoms with Crippen molar-refractivity contribution in [3.8, 4) is 0 Å². The molecular weight excluding hydrogens is 653 g/mol. The van der Waals surface area contributed by atoms with Crippen LogP contribution in [0.4, 0.5) is 28.4 Å². The molecule has 0 unspecified atom stereocenters. The van der Waals surface area contributed by atoms with Crippen LogP contribution in [0.15, 0.2) is 152 Å². The molecule has 0 heterocycles. The number of nitrogens with zero attached hydrogens (tertiary/aromatic N) is 2. The molecule has 0 aromatic heterocycles. The summed E-state index contributed by atoms with van der Waals surface area (Å²) in [5.74, 6) is 0.928. The Morgan fingerprint density at radius 1 is 0.556 bits per heavy atom. The summed E-state index contributed by atoms with van der Waals surface area (Å²) in [6.07, 6.45) is 10.4. The van der Waals surface area contributed by atoms with E-state index in [0.717, 1.165) is 45.3 Å².